The van der Waals surface area contributed by atoms with Gasteiger partial charge in [0.15, 0.2) is 5.82 Å². The fraction of sp³-hybridized carbons (Fsp3) is 0.438. The summed E-state index contributed by atoms with van der Waals surface area (Å²) in [6.45, 7) is 0. The van der Waals surface area contributed by atoms with Crippen molar-refractivity contribution in [3.63, 3.8) is 0 Å². The number of nitrogens with zero attached hydrogens (tertiary/aromatic N) is 2. The third-order valence-electron chi connectivity index (χ3n) is 4.73. The smallest absolute Gasteiger partial charge is 0.243 e. The van der Waals surface area contributed by atoms with E-state index in [1.54, 1.807) is 6.21 Å². The molecule has 0 radical (unpaired) electrons. The zero-order chi connectivity index (χ0) is 14.2. The van der Waals surface area contributed by atoms with Crippen LogP contribution in [0.25, 0.3) is 11.0 Å². The number of amides is 1. The van der Waals surface area contributed by atoms with Gasteiger partial charge in [-0.1, -0.05) is 25.0 Å². The van der Waals surface area contributed by atoms with Crippen LogP contribution in [0.2, 0.25) is 0 Å². The summed E-state index contributed by atoms with van der Waals surface area (Å²) >= 11 is 0. The number of aromatic amines is 1. The number of fused-ring (bicyclic) bond motifs is 2. The monoisotopic (exact) mass is 282 g/mol. The molecular weight excluding hydrogens is 264 g/mol. The molecule has 108 valence electrons. The summed E-state index contributed by atoms with van der Waals surface area (Å²) in [5.74, 6) is 2.14. The predicted molar refractivity (Wildman–Crippen MR) is 80.8 cm³/mol. The molecule has 1 aromatic carbocycles. The topological polar surface area (TPSA) is 70.1 Å². The van der Waals surface area contributed by atoms with Gasteiger partial charge in [-0.2, -0.15) is 5.10 Å². The minimum Gasteiger partial charge on any atom is -0.337 e. The maximum Gasteiger partial charge on any atom is 0.243 e. The number of hydrogen-bond acceptors (Lipinski definition) is 3. The van der Waals surface area contributed by atoms with Crippen molar-refractivity contribution in [2.24, 2.45) is 22.9 Å². The van der Waals surface area contributed by atoms with Crippen LogP contribution in [0.3, 0.4) is 0 Å². The molecule has 1 aromatic heterocycles. The number of carbonyl (C=O) groups excluding carboxylic acids is 1. The number of rotatable bonds is 3. The van der Waals surface area contributed by atoms with E-state index in [1.807, 2.05) is 24.3 Å². The Morgan fingerprint density at radius 3 is 2.81 bits per heavy atom. The third kappa shape index (κ3) is 2.33. The Balaban J connectivity index is 1.38. The minimum atomic E-state index is 0.0688. The molecule has 0 aliphatic heterocycles. The van der Waals surface area contributed by atoms with Crippen LogP contribution in [-0.4, -0.2) is 22.1 Å². The molecule has 1 unspecified atom stereocenters. The number of para-hydroxylation sites is 2. The fourth-order valence-corrected chi connectivity index (χ4v) is 3.65. The third-order valence-corrected chi connectivity index (χ3v) is 4.73. The van der Waals surface area contributed by atoms with Crippen molar-refractivity contribution in [1.82, 2.24) is 15.4 Å². The van der Waals surface area contributed by atoms with Gasteiger partial charge in [-0.3, -0.25) is 4.79 Å². The highest BCUT2D eigenvalue weighted by Crippen LogP contribution is 2.55. The van der Waals surface area contributed by atoms with Gasteiger partial charge in [0, 0.05) is 5.92 Å². The Morgan fingerprint density at radius 1 is 1.29 bits per heavy atom. The molecule has 4 rings (SSSR count). The Bertz CT molecular complexity index is 660. The van der Waals surface area contributed by atoms with Gasteiger partial charge in [-0.25, -0.2) is 10.4 Å². The second-order valence-electron chi connectivity index (χ2n) is 6.01. The van der Waals surface area contributed by atoms with Gasteiger partial charge < -0.3 is 4.98 Å². The number of hydrazone groups is 1. The van der Waals surface area contributed by atoms with Gasteiger partial charge in [0.2, 0.25) is 5.91 Å². The fourth-order valence-electron chi connectivity index (χ4n) is 3.65. The highest BCUT2D eigenvalue weighted by Gasteiger charge is 2.54. The molecule has 0 saturated heterocycles. The number of carbonyl (C=O) groups is 1. The number of H-pyrrole nitrogens is 1. The van der Waals surface area contributed by atoms with Crippen molar-refractivity contribution in [2.45, 2.75) is 25.7 Å². The number of nitrogens with one attached hydrogen (secondary N) is 2. The molecular formula is C16H18N4O. The summed E-state index contributed by atoms with van der Waals surface area (Å²) in [6, 6.07) is 7.81. The average molecular weight is 282 g/mol. The number of aromatic nitrogens is 2. The molecule has 0 bridgehead atoms. The number of hydrogen-bond donors (Lipinski definition) is 2. The number of imidazole rings is 1. The van der Waals surface area contributed by atoms with Gasteiger partial charge in [0.25, 0.3) is 0 Å². The van der Waals surface area contributed by atoms with Crippen molar-refractivity contribution in [3.8, 4) is 0 Å². The summed E-state index contributed by atoms with van der Waals surface area (Å²) in [5.41, 5.74) is 4.54. The first kappa shape index (κ1) is 12.6. The van der Waals surface area contributed by atoms with E-state index < -0.39 is 0 Å². The molecule has 1 heterocycles. The first-order chi connectivity index (χ1) is 10.3. The van der Waals surface area contributed by atoms with Crippen molar-refractivity contribution in [1.29, 1.82) is 0 Å². The van der Waals surface area contributed by atoms with E-state index in [4.69, 9.17) is 0 Å². The summed E-state index contributed by atoms with van der Waals surface area (Å²) in [7, 11) is 0. The lowest BCUT2D eigenvalue weighted by atomic mass is 10.0. The van der Waals surface area contributed by atoms with Gasteiger partial charge >= 0.3 is 0 Å². The molecule has 2 aliphatic carbocycles. The highest BCUT2D eigenvalue weighted by atomic mass is 16.2. The van der Waals surface area contributed by atoms with E-state index in [-0.39, 0.29) is 11.8 Å². The highest BCUT2D eigenvalue weighted by molar-refractivity contribution is 5.86. The number of benzene rings is 1. The second kappa shape index (κ2) is 4.98. The first-order valence-electron chi connectivity index (χ1n) is 7.60. The van der Waals surface area contributed by atoms with Gasteiger partial charge in [0.1, 0.15) is 0 Å². The first-order valence-corrected chi connectivity index (χ1v) is 7.60. The van der Waals surface area contributed by atoms with Crippen LogP contribution in [0, 0.1) is 17.8 Å². The molecule has 5 heteroatoms. The van der Waals surface area contributed by atoms with E-state index in [1.165, 1.54) is 25.7 Å². The zero-order valence-corrected chi connectivity index (χ0v) is 11.7. The molecule has 3 atom stereocenters. The molecule has 2 saturated carbocycles. The maximum atomic E-state index is 12.1. The largest absolute Gasteiger partial charge is 0.337 e. The van der Waals surface area contributed by atoms with E-state index >= 15 is 0 Å². The predicted octanol–water partition coefficient (Wildman–Crippen LogP) is 2.45. The standard InChI is InChI=1S/C16H18N4O/c21-16(15-10-5-1-2-6-11(10)15)20-17-9-14-18-12-7-3-4-8-13(12)19-14/h3-4,7-11,15H,1-2,5-6H2,(H,18,19)(H,20,21)/b17-9-/t10-,11+,15?. The molecule has 1 amide bonds. The van der Waals surface area contributed by atoms with E-state index in [0.717, 1.165) is 11.0 Å². The van der Waals surface area contributed by atoms with E-state index in [9.17, 15) is 4.79 Å². The lowest BCUT2D eigenvalue weighted by molar-refractivity contribution is -0.122. The SMILES string of the molecule is O=C(N/N=C\c1nc2ccccc2[nH]1)C1[C@H]2CCCC[C@@H]12. The summed E-state index contributed by atoms with van der Waals surface area (Å²) < 4.78 is 0. The van der Waals surface area contributed by atoms with Crippen molar-refractivity contribution in [3.05, 3.63) is 30.1 Å². The van der Waals surface area contributed by atoms with Crippen LogP contribution >= 0.6 is 0 Å². The zero-order valence-electron chi connectivity index (χ0n) is 11.7. The van der Waals surface area contributed by atoms with Crippen LogP contribution in [-0.2, 0) is 4.79 Å². The van der Waals surface area contributed by atoms with Gasteiger partial charge in [0.05, 0.1) is 17.2 Å². The Labute approximate surface area is 122 Å². The van der Waals surface area contributed by atoms with Crippen molar-refractivity contribution >= 4 is 23.2 Å². The normalized spacial score (nSPS) is 27.7. The van der Waals surface area contributed by atoms with E-state index in [0.29, 0.717) is 17.7 Å². The van der Waals surface area contributed by atoms with Crippen LogP contribution < -0.4 is 5.43 Å². The lowest BCUT2D eigenvalue weighted by Crippen LogP contribution is -2.20. The summed E-state index contributed by atoms with van der Waals surface area (Å²) in [6.07, 6.45) is 6.52. The quantitative estimate of drug-likeness (QED) is 0.670. The Morgan fingerprint density at radius 2 is 2.05 bits per heavy atom. The molecule has 2 fully saturated rings. The van der Waals surface area contributed by atoms with E-state index in [2.05, 4.69) is 20.5 Å². The Kier molecular flexibility index (Phi) is 2.98. The minimum absolute atomic E-state index is 0.0688. The van der Waals surface area contributed by atoms with Crippen LogP contribution in [0.4, 0.5) is 0 Å². The molecule has 2 N–H and O–H groups in total. The molecule has 2 aliphatic rings. The second-order valence-corrected chi connectivity index (χ2v) is 6.01. The van der Waals surface area contributed by atoms with Crippen LogP contribution in [0.15, 0.2) is 29.4 Å². The van der Waals surface area contributed by atoms with Gasteiger partial charge in [-0.15, -0.1) is 0 Å². The van der Waals surface area contributed by atoms with Crippen molar-refractivity contribution in [2.75, 3.05) is 0 Å². The lowest BCUT2D eigenvalue weighted by Gasteiger charge is -2.04. The maximum absolute atomic E-state index is 12.1. The van der Waals surface area contributed by atoms with Crippen LogP contribution in [0.5, 0.6) is 0 Å². The Hall–Kier alpha value is -2.17. The molecule has 21 heavy (non-hydrogen) atoms. The summed E-state index contributed by atoms with van der Waals surface area (Å²) in [4.78, 5) is 19.6. The average Bonchev–Trinajstić information content (AvgIpc) is 3.09. The molecule has 0 spiro atoms. The van der Waals surface area contributed by atoms with Gasteiger partial charge in [-0.05, 0) is 36.8 Å². The molecule has 2 aromatic rings. The summed E-state index contributed by atoms with van der Waals surface area (Å²) in [5, 5.41) is 4.04. The molecule has 5 nitrogen and oxygen atoms in total. The van der Waals surface area contributed by atoms with Crippen molar-refractivity contribution < 1.29 is 4.79 Å². The van der Waals surface area contributed by atoms with Crippen LogP contribution in [0.1, 0.15) is 31.5 Å².